The molecule has 4 heteroatoms. The average Bonchev–Trinajstić information content (AvgIpc) is 2.43. The summed E-state index contributed by atoms with van der Waals surface area (Å²) in [5.41, 5.74) is 5.05. The lowest BCUT2D eigenvalue weighted by Gasteiger charge is -2.21. The number of nitrogens with two attached hydrogens (primary N) is 1. The molecule has 0 aromatic heterocycles. The molecular weight excluding hydrogens is 194 g/mol. The van der Waals surface area contributed by atoms with E-state index in [0.717, 1.165) is 0 Å². The zero-order valence-electron chi connectivity index (χ0n) is 9.69. The van der Waals surface area contributed by atoms with E-state index < -0.39 is 11.7 Å². The molecule has 3 atom stereocenters. The van der Waals surface area contributed by atoms with Crippen molar-refractivity contribution < 1.29 is 14.6 Å². The minimum atomic E-state index is -0.456. The monoisotopic (exact) mass is 215 g/mol. The first kappa shape index (κ1) is 12.5. The fraction of sp³-hybridized carbons (Fsp3) is 0.909. The number of hydrogen-bond acceptors (Lipinski definition) is 4. The van der Waals surface area contributed by atoms with Gasteiger partial charge in [0, 0.05) is 0 Å². The van der Waals surface area contributed by atoms with Crippen molar-refractivity contribution >= 4 is 5.97 Å². The molecule has 1 aliphatic rings. The van der Waals surface area contributed by atoms with E-state index in [0.29, 0.717) is 19.4 Å². The minimum Gasteiger partial charge on any atom is -0.460 e. The molecule has 1 fully saturated rings. The Bertz CT molecular complexity index is 234. The lowest BCUT2D eigenvalue weighted by molar-refractivity contribution is -0.160. The van der Waals surface area contributed by atoms with Crippen LogP contribution < -0.4 is 5.73 Å². The van der Waals surface area contributed by atoms with E-state index in [9.17, 15) is 9.90 Å². The Kier molecular flexibility index (Phi) is 3.73. The molecule has 0 radical (unpaired) electrons. The van der Waals surface area contributed by atoms with Gasteiger partial charge < -0.3 is 15.6 Å². The number of carbonyl (C=O) groups excluding carboxylic acids is 1. The van der Waals surface area contributed by atoms with Gasteiger partial charge in [-0.25, -0.2) is 0 Å². The molecule has 1 rings (SSSR count). The molecule has 88 valence electrons. The van der Waals surface area contributed by atoms with Crippen LogP contribution in [0.3, 0.4) is 0 Å². The molecule has 0 aromatic rings. The van der Waals surface area contributed by atoms with Gasteiger partial charge in [-0.3, -0.25) is 4.79 Å². The van der Waals surface area contributed by atoms with Gasteiger partial charge in [-0.1, -0.05) is 0 Å². The van der Waals surface area contributed by atoms with E-state index in [4.69, 9.17) is 10.5 Å². The van der Waals surface area contributed by atoms with Gasteiger partial charge in [0.05, 0.1) is 12.0 Å². The highest BCUT2D eigenvalue weighted by Crippen LogP contribution is 2.32. The predicted octanol–water partition coefficient (Wildman–Crippen LogP) is 0.674. The largest absolute Gasteiger partial charge is 0.460 e. The van der Waals surface area contributed by atoms with Gasteiger partial charge in [0.1, 0.15) is 5.60 Å². The Hall–Kier alpha value is -0.610. The summed E-state index contributed by atoms with van der Waals surface area (Å²) < 4.78 is 5.27. The summed E-state index contributed by atoms with van der Waals surface area (Å²) in [5.74, 6) is -0.354. The second kappa shape index (κ2) is 4.49. The first-order chi connectivity index (χ1) is 6.83. The van der Waals surface area contributed by atoms with E-state index in [-0.39, 0.29) is 17.8 Å². The van der Waals surface area contributed by atoms with Crippen LogP contribution in [0.25, 0.3) is 0 Å². The van der Waals surface area contributed by atoms with Crippen molar-refractivity contribution in [2.75, 3.05) is 6.54 Å². The van der Waals surface area contributed by atoms with Gasteiger partial charge in [-0.15, -0.1) is 0 Å². The molecule has 1 aliphatic carbocycles. The van der Waals surface area contributed by atoms with Crippen LogP contribution >= 0.6 is 0 Å². The molecular formula is C11H21NO3. The van der Waals surface area contributed by atoms with E-state index in [1.54, 1.807) is 0 Å². The highest BCUT2D eigenvalue weighted by molar-refractivity contribution is 5.73. The van der Waals surface area contributed by atoms with E-state index in [1.807, 2.05) is 20.8 Å². The van der Waals surface area contributed by atoms with E-state index >= 15 is 0 Å². The zero-order chi connectivity index (χ0) is 11.6. The van der Waals surface area contributed by atoms with E-state index in [2.05, 4.69) is 0 Å². The molecule has 1 saturated carbocycles. The van der Waals surface area contributed by atoms with Gasteiger partial charge in [0.25, 0.3) is 0 Å². The zero-order valence-corrected chi connectivity index (χ0v) is 9.69. The summed E-state index contributed by atoms with van der Waals surface area (Å²) in [6.07, 6.45) is 0.677. The molecule has 4 nitrogen and oxygen atoms in total. The van der Waals surface area contributed by atoms with E-state index in [1.165, 1.54) is 0 Å². The number of carbonyl (C=O) groups is 1. The van der Waals surface area contributed by atoms with Crippen molar-refractivity contribution in [1.82, 2.24) is 0 Å². The lowest BCUT2D eigenvalue weighted by Crippen LogP contribution is -2.28. The summed E-state index contributed by atoms with van der Waals surface area (Å²) in [6.45, 7) is 5.96. The first-order valence-electron chi connectivity index (χ1n) is 5.44. The Labute approximate surface area is 90.8 Å². The fourth-order valence-electron chi connectivity index (χ4n) is 1.93. The summed E-state index contributed by atoms with van der Waals surface area (Å²) in [6, 6.07) is 0. The Balaban J connectivity index is 2.50. The average molecular weight is 215 g/mol. The number of rotatable bonds is 2. The molecule has 15 heavy (non-hydrogen) atoms. The third kappa shape index (κ3) is 3.47. The third-order valence-electron chi connectivity index (χ3n) is 2.70. The van der Waals surface area contributed by atoms with Crippen molar-refractivity contribution in [3.63, 3.8) is 0 Å². The molecule has 0 saturated heterocycles. The van der Waals surface area contributed by atoms with Gasteiger partial charge in [-0.05, 0) is 46.1 Å². The lowest BCUT2D eigenvalue weighted by atomic mass is 10.0. The van der Waals surface area contributed by atoms with Gasteiger partial charge in [0.15, 0.2) is 0 Å². The number of aliphatic hydroxyl groups excluding tert-OH is 1. The molecule has 0 heterocycles. The summed E-state index contributed by atoms with van der Waals surface area (Å²) in [4.78, 5) is 11.7. The van der Waals surface area contributed by atoms with Crippen LogP contribution in [0.5, 0.6) is 0 Å². The minimum absolute atomic E-state index is 0.0440. The van der Waals surface area contributed by atoms with Gasteiger partial charge in [-0.2, -0.15) is 0 Å². The first-order valence-corrected chi connectivity index (χ1v) is 5.44. The third-order valence-corrected chi connectivity index (χ3v) is 2.70. The second-order valence-corrected chi connectivity index (χ2v) is 5.26. The SMILES string of the molecule is CC(C)(C)OC(=O)[C@H]1C[C@@H](CN)[C@@H](O)C1. The van der Waals surface area contributed by atoms with Crippen LogP contribution in [0.1, 0.15) is 33.6 Å². The maximum Gasteiger partial charge on any atom is 0.309 e. The topological polar surface area (TPSA) is 72.5 Å². The molecule has 0 spiro atoms. The Morgan fingerprint density at radius 2 is 2.07 bits per heavy atom. The molecule has 0 aliphatic heterocycles. The van der Waals surface area contributed by atoms with Crippen LogP contribution in [0, 0.1) is 11.8 Å². The molecule has 0 unspecified atom stereocenters. The summed E-state index contributed by atoms with van der Waals surface area (Å²) >= 11 is 0. The van der Waals surface area contributed by atoms with Crippen molar-refractivity contribution in [3.8, 4) is 0 Å². The second-order valence-electron chi connectivity index (χ2n) is 5.26. The highest BCUT2D eigenvalue weighted by atomic mass is 16.6. The maximum absolute atomic E-state index is 11.7. The van der Waals surface area contributed by atoms with Crippen molar-refractivity contribution in [2.45, 2.75) is 45.3 Å². The Morgan fingerprint density at radius 3 is 2.47 bits per heavy atom. The van der Waals surface area contributed by atoms with Crippen LogP contribution in [0.2, 0.25) is 0 Å². The van der Waals surface area contributed by atoms with Crippen molar-refractivity contribution in [2.24, 2.45) is 17.6 Å². The van der Waals surface area contributed by atoms with Gasteiger partial charge in [0.2, 0.25) is 0 Å². The van der Waals surface area contributed by atoms with Crippen LogP contribution in [0.15, 0.2) is 0 Å². The summed E-state index contributed by atoms with van der Waals surface area (Å²) in [7, 11) is 0. The van der Waals surface area contributed by atoms with Crippen LogP contribution in [-0.4, -0.2) is 29.3 Å². The predicted molar refractivity (Wildman–Crippen MR) is 57.1 cm³/mol. The van der Waals surface area contributed by atoms with Crippen LogP contribution in [-0.2, 0) is 9.53 Å². The standard InChI is InChI=1S/C11H21NO3/c1-11(2,3)15-10(14)7-4-8(6-12)9(13)5-7/h7-9,13H,4-6,12H2,1-3H3/t7-,8-,9-/m0/s1. The Morgan fingerprint density at radius 1 is 1.47 bits per heavy atom. The number of ether oxygens (including phenoxy) is 1. The summed E-state index contributed by atoms with van der Waals surface area (Å²) in [5, 5.41) is 9.62. The van der Waals surface area contributed by atoms with Crippen molar-refractivity contribution in [1.29, 1.82) is 0 Å². The highest BCUT2D eigenvalue weighted by Gasteiger charge is 2.38. The maximum atomic E-state index is 11.7. The number of esters is 1. The molecule has 0 bridgehead atoms. The quantitative estimate of drug-likeness (QED) is 0.664. The normalized spacial score (nSPS) is 31.7. The fourth-order valence-corrected chi connectivity index (χ4v) is 1.93. The number of aliphatic hydroxyl groups is 1. The number of hydrogen-bond donors (Lipinski definition) is 2. The van der Waals surface area contributed by atoms with Gasteiger partial charge >= 0.3 is 5.97 Å². The van der Waals surface area contributed by atoms with Crippen LogP contribution in [0.4, 0.5) is 0 Å². The molecule has 0 amide bonds. The van der Waals surface area contributed by atoms with Crippen molar-refractivity contribution in [3.05, 3.63) is 0 Å². The smallest absolute Gasteiger partial charge is 0.309 e. The molecule has 0 aromatic carbocycles. The molecule has 3 N–H and O–H groups in total.